The van der Waals surface area contributed by atoms with E-state index in [0.29, 0.717) is 0 Å². The molecule has 0 radical (unpaired) electrons. The van der Waals surface area contributed by atoms with E-state index in [1.54, 1.807) is 0 Å². The van der Waals surface area contributed by atoms with Crippen molar-refractivity contribution in [1.82, 2.24) is 4.90 Å². The summed E-state index contributed by atoms with van der Waals surface area (Å²) in [6, 6.07) is 7.67. The number of hydrogen-bond acceptors (Lipinski definition) is 3. The zero-order valence-electron chi connectivity index (χ0n) is 10.3. The maximum absolute atomic E-state index is 11.7. The molecule has 0 bridgehead atoms. The largest absolute Gasteiger partial charge is 0.445 e. The van der Waals surface area contributed by atoms with Crippen LogP contribution in [0.5, 0.6) is 0 Å². The van der Waals surface area contributed by atoms with E-state index in [2.05, 4.69) is 10.2 Å². The lowest BCUT2D eigenvalue weighted by Gasteiger charge is -2.13. The lowest BCUT2D eigenvalue weighted by molar-refractivity contribution is 0.115. The molecule has 0 aliphatic carbocycles. The van der Waals surface area contributed by atoms with Crippen molar-refractivity contribution >= 4 is 11.8 Å². The van der Waals surface area contributed by atoms with Crippen LogP contribution in [-0.2, 0) is 4.74 Å². The summed E-state index contributed by atoms with van der Waals surface area (Å²) in [5.74, 6) is 0. The normalized spacial score (nSPS) is 20.2. The lowest BCUT2D eigenvalue weighted by Crippen LogP contribution is -2.25. The number of aryl methyl sites for hydroxylation is 1. The number of likely N-dealkylation sites (N-methyl/N-ethyl adjacent to an activating group) is 1. The highest BCUT2D eigenvalue weighted by molar-refractivity contribution is 5.85. The van der Waals surface area contributed by atoms with E-state index < -0.39 is 0 Å². The highest BCUT2D eigenvalue weighted by atomic mass is 16.6. The first-order valence-electron chi connectivity index (χ1n) is 5.87. The molecule has 0 unspecified atom stereocenters. The van der Waals surface area contributed by atoms with Gasteiger partial charge in [-0.25, -0.2) is 4.79 Å². The van der Waals surface area contributed by atoms with Gasteiger partial charge in [-0.15, -0.1) is 0 Å². The first-order chi connectivity index (χ1) is 8.15. The zero-order valence-corrected chi connectivity index (χ0v) is 10.3. The quantitative estimate of drug-likeness (QED) is 0.853. The predicted octanol–water partition coefficient (Wildman–Crippen LogP) is 2.25. The molecule has 1 heterocycles. The molecule has 1 fully saturated rings. The van der Waals surface area contributed by atoms with Crippen molar-refractivity contribution in [2.75, 3.05) is 25.5 Å². The number of amides is 1. The molecule has 0 aromatic heterocycles. The number of benzene rings is 1. The van der Waals surface area contributed by atoms with Crippen molar-refractivity contribution in [2.24, 2.45) is 0 Å². The van der Waals surface area contributed by atoms with Crippen molar-refractivity contribution in [1.29, 1.82) is 0 Å². The molecule has 4 nitrogen and oxygen atoms in total. The van der Waals surface area contributed by atoms with Crippen molar-refractivity contribution < 1.29 is 9.53 Å². The van der Waals surface area contributed by atoms with Crippen molar-refractivity contribution in [3.8, 4) is 0 Å². The van der Waals surface area contributed by atoms with Crippen LogP contribution in [0.15, 0.2) is 24.3 Å². The Labute approximate surface area is 102 Å². The van der Waals surface area contributed by atoms with Gasteiger partial charge in [0.15, 0.2) is 0 Å². The van der Waals surface area contributed by atoms with Gasteiger partial charge in [0.2, 0.25) is 0 Å². The number of nitrogens with one attached hydrogen (secondary N) is 1. The molecule has 1 atom stereocenters. The summed E-state index contributed by atoms with van der Waals surface area (Å²) in [6.45, 7) is 3.77. The minimum Gasteiger partial charge on any atom is -0.445 e. The number of carbonyl (C=O) groups is 1. The van der Waals surface area contributed by atoms with E-state index in [4.69, 9.17) is 4.74 Å². The Morgan fingerprint density at radius 2 is 2.24 bits per heavy atom. The number of carbonyl (C=O) groups excluding carboxylic acids is 1. The van der Waals surface area contributed by atoms with Gasteiger partial charge in [0.25, 0.3) is 0 Å². The Balaban J connectivity index is 1.87. The van der Waals surface area contributed by atoms with Crippen molar-refractivity contribution in [3.05, 3.63) is 29.8 Å². The van der Waals surface area contributed by atoms with Gasteiger partial charge in [0, 0.05) is 18.8 Å². The van der Waals surface area contributed by atoms with E-state index in [-0.39, 0.29) is 12.2 Å². The Kier molecular flexibility index (Phi) is 3.64. The summed E-state index contributed by atoms with van der Waals surface area (Å²) in [6.07, 6.45) is 0.571. The van der Waals surface area contributed by atoms with Crippen LogP contribution in [0, 0.1) is 6.92 Å². The maximum Gasteiger partial charge on any atom is 0.411 e. The average Bonchev–Trinajstić information content (AvgIpc) is 2.67. The number of anilines is 1. The third-order valence-electron chi connectivity index (χ3n) is 3.00. The van der Waals surface area contributed by atoms with E-state index in [1.807, 2.05) is 38.2 Å². The van der Waals surface area contributed by atoms with Crippen LogP contribution in [0.1, 0.15) is 12.0 Å². The van der Waals surface area contributed by atoms with E-state index in [1.165, 1.54) is 0 Å². The van der Waals surface area contributed by atoms with Crippen LogP contribution in [0.3, 0.4) is 0 Å². The van der Waals surface area contributed by atoms with Gasteiger partial charge in [0.05, 0.1) is 0 Å². The molecule has 1 amide bonds. The first kappa shape index (κ1) is 11.9. The van der Waals surface area contributed by atoms with Crippen molar-refractivity contribution in [3.63, 3.8) is 0 Å². The summed E-state index contributed by atoms with van der Waals surface area (Å²) in [4.78, 5) is 13.8. The maximum atomic E-state index is 11.7. The van der Waals surface area contributed by atoms with Gasteiger partial charge in [-0.05, 0) is 32.0 Å². The summed E-state index contributed by atoms with van der Waals surface area (Å²) < 4.78 is 5.35. The van der Waals surface area contributed by atoms with E-state index in [9.17, 15) is 4.79 Å². The van der Waals surface area contributed by atoms with Crippen molar-refractivity contribution in [2.45, 2.75) is 19.4 Å². The molecule has 1 aliphatic rings. The topological polar surface area (TPSA) is 41.6 Å². The molecule has 92 valence electrons. The van der Waals surface area contributed by atoms with Gasteiger partial charge in [-0.3, -0.25) is 5.32 Å². The zero-order chi connectivity index (χ0) is 12.3. The molecule has 1 aromatic rings. The number of nitrogens with zero attached hydrogens (tertiary/aromatic N) is 1. The molecule has 0 spiro atoms. The summed E-state index contributed by atoms with van der Waals surface area (Å²) >= 11 is 0. The summed E-state index contributed by atoms with van der Waals surface area (Å²) in [5, 5.41) is 2.77. The number of rotatable bonds is 2. The SMILES string of the molecule is Cc1ccccc1NC(=O)O[C@H]1CCN(C)C1. The van der Waals surface area contributed by atoms with Gasteiger partial charge in [-0.1, -0.05) is 18.2 Å². The van der Waals surface area contributed by atoms with E-state index >= 15 is 0 Å². The van der Waals surface area contributed by atoms with Crippen LogP contribution in [-0.4, -0.2) is 37.2 Å². The molecule has 1 N–H and O–H groups in total. The predicted molar refractivity (Wildman–Crippen MR) is 67.2 cm³/mol. The molecule has 0 saturated carbocycles. The molecule has 1 saturated heterocycles. The molecule has 1 aromatic carbocycles. The smallest absolute Gasteiger partial charge is 0.411 e. The molecule has 1 aliphatic heterocycles. The second-order valence-electron chi connectivity index (χ2n) is 4.52. The molecule has 2 rings (SSSR count). The average molecular weight is 234 g/mol. The molecular weight excluding hydrogens is 216 g/mol. The Morgan fingerprint density at radius 1 is 1.47 bits per heavy atom. The van der Waals surface area contributed by atoms with Crippen LogP contribution in [0.2, 0.25) is 0 Å². The standard InChI is InChI=1S/C13H18N2O2/c1-10-5-3-4-6-12(10)14-13(16)17-11-7-8-15(2)9-11/h3-6,11H,7-9H2,1-2H3,(H,14,16)/t11-/m0/s1. The van der Waals surface area contributed by atoms with Gasteiger partial charge < -0.3 is 9.64 Å². The number of hydrogen-bond donors (Lipinski definition) is 1. The van der Waals surface area contributed by atoms with Crippen LogP contribution in [0.25, 0.3) is 0 Å². The van der Waals surface area contributed by atoms with Crippen LogP contribution >= 0.6 is 0 Å². The highest BCUT2D eigenvalue weighted by Crippen LogP contribution is 2.15. The number of para-hydroxylation sites is 1. The van der Waals surface area contributed by atoms with E-state index in [0.717, 1.165) is 30.8 Å². The Hall–Kier alpha value is -1.55. The first-order valence-corrected chi connectivity index (χ1v) is 5.87. The lowest BCUT2D eigenvalue weighted by atomic mass is 10.2. The minimum atomic E-state index is -0.361. The Bertz CT molecular complexity index is 406. The third kappa shape index (κ3) is 3.20. The van der Waals surface area contributed by atoms with Gasteiger partial charge >= 0.3 is 6.09 Å². The molecule has 17 heavy (non-hydrogen) atoms. The van der Waals surface area contributed by atoms with Crippen LogP contribution in [0.4, 0.5) is 10.5 Å². The Morgan fingerprint density at radius 3 is 2.88 bits per heavy atom. The number of likely N-dealkylation sites (tertiary alicyclic amines) is 1. The second kappa shape index (κ2) is 5.19. The van der Waals surface area contributed by atoms with Crippen LogP contribution < -0.4 is 5.32 Å². The fourth-order valence-electron chi connectivity index (χ4n) is 1.99. The molecular formula is C13H18N2O2. The second-order valence-corrected chi connectivity index (χ2v) is 4.52. The monoisotopic (exact) mass is 234 g/mol. The number of ether oxygens (including phenoxy) is 1. The fourth-order valence-corrected chi connectivity index (χ4v) is 1.99. The fraction of sp³-hybridized carbons (Fsp3) is 0.462. The summed E-state index contributed by atoms with van der Waals surface area (Å²) in [5.41, 5.74) is 1.84. The highest BCUT2D eigenvalue weighted by Gasteiger charge is 2.22. The van der Waals surface area contributed by atoms with Gasteiger partial charge in [-0.2, -0.15) is 0 Å². The minimum absolute atomic E-state index is 0.0176. The summed E-state index contributed by atoms with van der Waals surface area (Å²) in [7, 11) is 2.03. The third-order valence-corrected chi connectivity index (χ3v) is 3.00. The van der Waals surface area contributed by atoms with Gasteiger partial charge in [0.1, 0.15) is 6.10 Å². The molecule has 4 heteroatoms.